The van der Waals surface area contributed by atoms with Gasteiger partial charge in [0.1, 0.15) is 10.9 Å². The Bertz CT molecular complexity index is 1120. The van der Waals surface area contributed by atoms with Crippen molar-refractivity contribution in [2.45, 2.75) is 6.18 Å². The number of carbonyl (C=O) groups excluding carboxylic acids is 2. The van der Waals surface area contributed by atoms with Crippen molar-refractivity contribution >= 4 is 40.8 Å². The van der Waals surface area contributed by atoms with E-state index in [9.17, 15) is 22.8 Å². The number of pyridine rings is 1. The number of anilines is 1. The third-order valence-corrected chi connectivity index (χ3v) is 4.43. The van der Waals surface area contributed by atoms with Gasteiger partial charge in [-0.1, -0.05) is 35.3 Å². The van der Waals surface area contributed by atoms with Crippen LogP contribution in [0.2, 0.25) is 10.2 Å². The fourth-order valence-electron chi connectivity index (χ4n) is 2.39. The number of nitrogens with zero attached hydrogens (tertiary/aromatic N) is 1. The summed E-state index contributed by atoms with van der Waals surface area (Å²) in [6, 6.07) is 13.1. The highest BCUT2D eigenvalue weighted by Crippen LogP contribution is 2.35. The van der Waals surface area contributed by atoms with Crippen molar-refractivity contribution in [2.75, 3.05) is 5.32 Å². The Morgan fingerprint density at radius 2 is 1.61 bits per heavy atom. The van der Waals surface area contributed by atoms with Crippen LogP contribution in [-0.2, 0) is 6.18 Å². The van der Waals surface area contributed by atoms with Crippen LogP contribution in [-0.4, -0.2) is 16.9 Å². The predicted octanol–water partition coefficient (Wildman–Crippen LogP) is 6.16. The largest absolute Gasteiger partial charge is 0.439 e. The molecule has 3 rings (SSSR count). The Kier molecular flexibility index (Phi) is 6.67. The topological polar surface area (TPSA) is 80.3 Å². The zero-order valence-corrected chi connectivity index (χ0v) is 16.8. The smallest absolute Gasteiger partial charge is 0.419 e. The highest BCUT2D eigenvalue weighted by atomic mass is 35.5. The molecule has 0 bridgehead atoms. The molecule has 0 atom stereocenters. The monoisotopic (exact) mass is 469 g/mol. The van der Waals surface area contributed by atoms with Gasteiger partial charge in [-0.05, 0) is 42.5 Å². The van der Waals surface area contributed by atoms with Crippen molar-refractivity contribution in [3.63, 3.8) is 0 Å². The first kappa shape index (κ1) is 22.4. The van der Waals surface area contributed by atoms with Crippen LogP contribution in [0.25, 0.3) is 0 Å². The molecular formula is C20H12Cl2F3N3O3. The van der Waals surface area contributed by atoms with E-state index in [1.807, 2.05) is 0 Å². The first-order chi connectivity index (χ1) is 14.6. The molecule has 160 valence electrons. The van der Waals surface area contributed by atoms with E-state index in [4.69, 9.17) is 27.9 Å². The number of alkyl halides is 3. The SMILES string of the molecule is O=C(NC(=O)c1ccccc1Cl)Nc1ccc(Oc2ccc(C(F)(F)F)c(Cl)n2)cc1. The normalized spacial score (nSPS) is 11.0. The fraction of sp³-hybridized carbons (Fsp3) is 0.0500. The molecule has 1 aromatic heterocycles. The molecule has 3 amide bonds. The highest BCUT2D eigenvalue weighted by molar-refractivity contribution is 6.34. The Morgan fingerprint density at radius 1 is 0.935 bits per heavy atom. The van der Waals surface area contributed by atoms with Gasteiger partial charge >= 0.3 is 12.2 Å². The maximum absolute atomic E-state index is 12.7. The van der Waals surface area contributed by atoms with Crippen molar-refractivity contribution < 1.29 is 27.5 Å². The van der Waals surface area contributed by atoms with Crippen LogP contribution in [0.3, 0.4) is 0 Å². The number of benzene rings is 2. The second-order valence-corrected chi connectivity index (χ2v) is 6.77. The average molecular weight is 470 g/mol. The van der Waals surface area contributed by atoms with Crippen LogP contribution in [0, 0.1) is 0 Å². The average Bonchev–Trinajstić information content (AvgIpc) is 2.68. The van der Waals surface area contributed by atoms with Crippen LogP contribution in [0.4, 0.5) is 23.7 Å². The lowest BCUT2D eigenvalue weighted by atomic mass is 10.2. The molecule has 0 radical (unpaired) electrons. The van der Waals surface area contributed by atoms with Gasteiger partial charge in [0.05, 0.1) is 16.1 Å². The third kappa shape index (κ3) is 5.87. The second kappa shape index (κ2) is 9.23. The van der Waals surface area contributed by atoms with Gasteiger partial charge < -0.3 is 10.1 Å². The van der Waals surface area contributed by atoms with Gasteiger partial charge in [0, 0.05) is 11.8 Å². The number of carbonyl (C=O) groups is 2. The molecule has 0 aliphatic carbocycles. The molecule has 0 saturated heterocycles. The van der Waals surface area contributed by atoms with E-state index in [1.54, 1.807) is 12.1 Å². The summed E-state index contributed by atoms with van der Waals surface area (Å²) >= 11 is 11.5. The fourth-order valence-corrected chi connectivity index (χ4v) is 2.87. The number of aromatic nitrogens is 1. The van der Waals surface area contributed by atoms with Crippen molar-refractivity contribution in [2.24, 2.45) is 0 Å². The first-order valence-electron chi connectivity index (χ1n) is 8.52. The van der Waals surface area contributed by atoms with Crippen molar-refractivity contribution in [1.82, 2.24) is 10.3 Å². The Balaban J connectivity index is 1.60. The summed E-state index contributed by atoms with van der Waals surface area (Å²) < 4.78 is 43.5. The Labute approximate surface area is 183 Å². The number of halogens is 5. The molecule has 2 N–H and O–H groups in total. The van der Waals surface area contributed by atoms with E-state index < -0.39 is 28.8 Å². The van der Waals surface area contributed by atoms with Crippen LogP contribution in [0.5, 0.6) is 11.6 Å². The van der Waals surface area contributed by atoms with Crippen LogP contribution < -0.4 is 15.4 Å². The van der Waals surface area contributed by atoms with Gasteiger partial charge in [0.25, 0.3) is 5.91 Å². The van der Waals surface area contributed by atoms with Crippen LogP contribution in [0.1, 0.15) is 15.9 Å². The van der Waals surface area contributed by atoms with Crippen molar-refractivity contribution in [3.8, 4) is 11.6 Å². The number of amides is 3. The minimum Gasteiger partial charge on any atom is -0.439 e. The standard InChI is InChI=1S/C20H12Cl2F3N3O3/c21-15-4-2-1-3-13(15)18(29)28-19(30)26-11-5-7-12(8-6-11)31-16-10-9-14(17(22)27-16)20(23,24)25/h1-10H,(H2,26,28,29,30). The molecule has 2 aromatic carbocycles. The second-order valence-electron chi connectivity index (χ2n) is 6.00. The lowest BCUT2D eigenvalue weighted by molar-refractivity contribution is -0.137. The molecule has 0 aliphatic heterocycles. The number of rotatable bonds is 4. The quantitative estimate of drug-likeness (QED) is 0.448. The van der Waals surface area contributed by atoms with Gasteiger partial charge in [0.15, 0.2) is 0 Å². The molecule has 0 aliphatic rings. The number of imide groups is 1. The lowest BCUT2D eigenvalue weighted by Gasteiger charge is -2.11. The number of hydrogen-bond acceptors (Lipinski definition) is 4. The van der Waals surface area contributed by atoms with E-state index in [2.05, 4.69) is 15.6 Å². The highest BCUT2D eigenvalue weighted by Gasteiger charge is 2.34. The molecule has 0 spiro atoms. The number of urea groups is 1. The molecular weight excluding hydrogens is 458 g/mol. The van der Waals surface area contributed by atoms with E-state index in [0.29, 0.717) is 5.69 Å². The van der Waals surface area contributed by atoms with E-state index >= 15 is 0 Å². The van der Waals surface area contributed by atoms with Gasteiger partial charge in [0.2, 0.25) is 5.88 Å². The summed E-state index contributed by atoms with van der Waals surface area (Å²) in [6.07, 6.45) is -4.62. The van der Waals surface area contributed by atoms with Crippen LogP contribution in [0.15, 0.2) is 60.7 Å². The molecule has 6 nitrogen and oxygen atoms in total. The van der Waals surface area contributed by atoms with Gasteiger partial charge in [-0.3, -0.25) is 10.1 Å². The zero-order chi connectivity index (χ0) is 22.6. The summed E-state index contributed by atoms with van der Waals surface area (Å²) in [5.74, 6) is -0.573. The molecule has 11 heteroatoms. The molecule has 0 unspecified atom stereocenters. The summed E-state index contributed by atoms with van der Waals surface area (Å²) in [7, 11) is 0. The number of nitrogens with one attached hydrogen (secondary N) is 2. The molecule has 3 aromatic rings. The molecule has 0 saturated carbocycles. The van der Waals surface area contributed by atoms with E-state index in [1.165, 1.54) is 36.4 Å². The zero-order valence-electron chi connectivity index (χ0n) is 15.3. The van der Waals surface area contributed by atoms with Crippen molar-refractivity contribution in [3.05, 3.63) is 82.0 Å². The first-order valence-corrected chi connectivity index (χ1v) is 9.27. The molecule has 31 heavy (non-hydrogen) atoms. The van der Waals surface area contributed by atoms with Crippen molar-refractivity contribution in [1.29, 1.82) is 0 Å². The number of hydrogen-bond donors (Lipinski definition) is 2. The minimum absolute atomic E-state index is 0.137. The Morgan fingerprint density at radius 3 is 2.23 bits per heavy atom. The van der Waals surface area contributed by atoms with Crippen LogP contribution >= 0.6 is 23.2 Å². The van der Waals surface area contributed by atoms with E-state index in [-0.39, 0.29) is 22.2 Å². The summed E-state index contributed by atoms with van der Waals surface area (Å²) in [5.41, 5.74) is -0.598. The Hall–Kier alpha value is -3.30. The predicted molar refractivity (Wildman–Crippen MR) is 109 cm³/mol. The van der Waals surface area contributed by atoms with Gasteiger partial charge in [-0.2, -0.15) is 13.2 Å². The maximum atomic E-state index is 12.7. The molecule has 0 fully saturated rings. The summed E-state index contributed by atoms with van der Waals surface area (Å²) in [6.45, 7) is 0. The minimum atomic E-state index is -4.62. The van der Waals surface area contributed by atoms with Gasteiger partial charge in [-0.15, -0.1) is 0 Å². The number of ether oxygens (including phenoxy) is 1. The van der Waals surface area contributed by atoms with Gasteiger partial charge in [-0.25, -0.2) is 9.78 Å². The third-order valence-electron chi connectivity index (χ3n) is 3.81. The lowest BCUT2D eigenvalue weighted by Crippen LogP contribution is -2.34. The summed E-state index contributed by atoms with van der Waals surface area (Å²) in [5, 5.41) is 4.06. The van der Waals surface area contributed by atoms with E-state index in [0.717, 1.165) is 12.1 Å². The summed E-state index contributed by atoms with van der Waals surface area (Å²) in [4.78, 5) is 27.6. The maximum Gasteiger partial charge on any atom is 0.419 e. The molecule has 1 heterocycles.